The highest BCUT2D eigenvalue weighted by Crippen LogP contribution is 2.21. The second-order valence-corrected chi connectivity index (χ2v) is 4.37. The van der Waals surface area contributed by atoms with Crippen molar-refractivity contribution in [2.45, 2.75) is 45.1 Å². The Morgan fingerprint density at radius 3 is 2.92 bits per heavy atom. The van der Waals surface area contributed by atoms with Crippen molar-refractivity contribution in [2.24, 2.45) is 5.92 Å². The van der Waals surface area contributed by atoms with Gasteiger partial charge in [-0.05, 0) is 38.8 Å². The molecule has 2 heteroatoms. The van der Waals surface area contributed by atoms with Crippen LogP contribution in [0.2, 0.25) is 0 Å². The van der Waals surface area contributed by atoms with E-state index in [4.69, 9.17) is 0 Å². The number of aliphatic hydroxyl groups excluding tert-OH is 1. The Kier molecular flexibility index (Phi) is 4.74. The zero-order valence-corrected chi connectivity index (χ0v) is 9.00. The topological polar surface area (TPSA) is 23.5 Å². The number of likely N-dealkylation sites (tertiary alicyclic amines) is 1. The third-order valence-electron chi connectivity index (χ3n) is 3.04. The first-order valence-electron chi connectivity index (χ1n) is 5.60. The highest BCUT2D eigenvalue weighted by Gasteiger charge is 2.21. The molecule has 0 spiro atoms. The van der Waals surface area contributed by atoms with Crippen molar-refractivity contribution in [3.8, 4) is 0 Å². The SMILES string of the molecule is CCCC(O)C1CCCCN(C)C1. The van der Waals surface area contributed by atoms with E-state index < -0.39 is 0 Å². The maximum Gasteiger partial charge on any atom is 0.0580 e. The fourth-order valence-electron chi connectivity index (χ4n) is 2.22. The molecule has 1 heterocycles. The summed E-state index contributed by atoms with van der Waals surface area (Å²) in [7, 11) is 2.16. The van der Waals surface area contributed by atoms with Crippen LogP contribution in [0.5, 0.6) is 0 Å². The lowest BCUT2D eigenvalue weighted by molar-refractivity contribution is 0.0797. The second-order valence-electron chi connectivity index (χ2n) is 4.37. The van der Waals surface area contributed by atoms with Crippen molar-refractivity contribution < 1.29 is 5.11 Å². The lowest BCUT2D eigenvalue weighted by Gasteiger charge is -2.24. The summed E-state index contributed by atoms with van der Waals surface area (Å²) in [5.41, 5.74) is 0. The summed E-state index contributed by atoms with van der Waals surface area (Å²) in [6.45, 7) is 4.43. The van der Waals surface area contributed by atoms with Crippen LogP contribution in [-0.2, 0) is 0 Å². The Bertz CT molecular complexity index is 138. The van der Waals surface area contributed by atoms with Gasteiger partial charge in [0.1, 0.15) is 0 Å². The first-order valence-corrected chi connectivity index (χ1v) is 5.60. The molecule has 0 aromatic rings. The fraction of sp³-hybridized carbons (Fsp3) is 1.00. The quantitative estimate of drug-likeness (QED) is 0.725. The molecule has 0 radical (unpaired) electrons. The third-order valence-corrected chi connectivity index (χ3v) is 3.04. The molecule has 13 heavy (non-hydrogen) atoms. The smallest absolute Gasteiger partial charge is 0.0580 e. The van der Waals surface area contributed by atoms with Gasteiger partial charge in [-0.3, -0.25) is 0 Å². The predicted molar refractivity (Wildman–Crippen MR) is 55.8 cm³/mol. The molecule has 1 saturated heterocycles. The molecule has 1 N–H and O–H groups in total. The Morgan fingerprint density at radius 1 is 1.46 bits per heavy atom. The normalized spacial score (nSPS) is 28.4. The van der Waals surface area contributed by atoms with E-state index in [0.29, 0.717) is 5.92 Å². The van der Waals surface area contributed by atoms with Crippen molar-refractivity contribution in [1.29, 1.82) is 0 Å². The van der Waals surface area contributed by atoms with E-state index in [9.17, 15) is 5.11 Å². The summed E-state index contributed by atoms with van der Waals surface area (Å²) in [6, 6.07) is 0. The molecule has 0 aromatic heterocycles. The zero-order chi connectivity index (χ0) is 9.68. The predicted octanol–water partition coefficient (Wildman–Crippen LogP) is 1.88. The minimum atomic E-state index is -0.0643. The van der Waals surface area contributed by atoms with Crippen LogP contribution in [0.3, 0.4) is 0 Å². The number of hydrogen-bond donors (Lipinski definition) is 1. The Morgan fingerprint density at radius 2 is 2.23 bits per heavy atom. The monoisotopic (exact) mass is 185 g/mol. The van der Waals surface area contributed by atoms with Gasteiger partial charge in [0.15, 0.2) is 0 Å². The van der Waals surface area contributed by atoms with E-state index in [0.717, 1.165) is 19.4 Å². The van der Waals surface area contributed by atoms with Crippen molar-refractivity contribution >= 4 is 0 Å². The molecule has 2 nitrogen and oxygen atoms in total. The van der Waals surface area contributed by atoms with Crippen molar-refractivity contribution in [3.63, 3.8) is 0 Å². The molecule has 0 aromatic carbocycles. The van der Waals surface area contributed by atoms with Crippen LogP contribution in [0.15, 0.2) is 0 Å². The van der Waals surface area contributed by atoms with Gasteiger partial charge in [-0.15, -0.1) is 0 Å². The standard InChI is InChI=1S/C11H23NO/c1-3-6-11(13)10-7-4-5-8-12(2)9-10/h10-11,13H,3-9H2,1-2H3. The van der Waals surface area contributed by atoms with E-state index >= 15 is 0 Å². The fourth-order valence-corrected chi connectivity index (χ4v) is 2.22. The van der Waals surface area contributed by atoms with E-state index in [-0.39, 0.29) is 6.10 Å². The van der Waals surface area contributed by atoms with Gasteiger partial charge >= 0.3 is 0 Å². The molecule has 1 fully saturated rings. The molecule has 1 aliphatic heterocycles. The van der Waals surface area contributed by atoms with Crippen LogP contribution in [0.4, 0.5) is 0 Å². The minimum absolute atomic E-state index is 0.0643. The maximum absolute atomic E-state index is 9.89. The second kappa shape index (κ2) is 5.61. The van der Waals surface area contributed by atoms with Gasteiger partial charge < -0.3 is 10.0 Å². The van der Waals surface area contributed by atoms with Crippen molar-refractivity contribution in [2.75, 3.05) is 20.1 Å². The van der Waals surface area contributed by atoms with Gasteiger partial charge in [0.25, 0.3) is 0 Å². The van der Waals surface area contributed by atoms with Crippen LogP contribution in [0.1, 0.15) is 39.0 Å². The summed E-state index contributed by atoms with van der Waals surface area (Å²) in [5, 5.41) is 9.89. The van der Waals surface area contributed by atoms with Crippen LogP contribution in [0, 0.1) is 5.92 Å². The summed E-state index contributed by atoms with van der Waals surface area (Å²) >= 11 is 0. The van der Waals surface area contributed by atoms with Gasteiger partial charge in [0.2, 0.25) is 0 Å². The average Bonchev–Trinajstić information content (AvgIpc) is 2.30. The van der Waals surface area contributed by atoms with Crippen LogP contribution < -0.4 is 0 Å². The molecular weight excluding hydrogens is 162 g/mol. The van der Waals surface area contributed by atoms with Gasteiger partial charge in [0, 0.05) is 6.54 Å². The summed E-state index contributed by atoms with van der Waals surface area (Å²) in [4.78, 5) is 2.36. The van der Waals surface area contributed by atoms with E-state index in [1.54, 1.807) is 0 Å². The van der Waals surface area contributed by atoms with Gasteiger partial charge in [-0.2, -0.15) is 0 Å². The summed E-state index contributed by atoms with van der Waals surface area (Å²) in [6.07, 6.45) is 5.80. The average molecular weight is 185 g/mol. The Balaban J connectivity index is 2.37. The van der Waals surface area contributed by atoms with Gasteiger partial charge in [-0.1, -0.05) is 19.8 Å². The highest BCUT2D eigenvalue weighted by atomic mass is 16.3. The van der Waals surface area contributed by atoms with Gasteiger partial charge in [-0.25, -0.2) is 0 Å². The number of aliphatic hydroxyl groups is 1. The van der Waals surface area contributed by atoms with Crippen molar-refractivity contribution in [3.05, 3.63) is 0 Å². The largest absolute Gasteiger partial charge is 0.393 e. The number of nitrogens with zero attached hydrogens (tertiary/aromatic N) is 1. The Hall–Kier alpha value is -0.0800. The van der Waals surface area contributed by atoms with E-state index in [1.807, 2.05) is 0 Å². The van der Waals surface area contributed by atoms with Crippen LogP contribution in [-0.4, -0.2) is 36.2 Å². The van der Waals surface area contributed by atoms with E-state index in [2.05, 4.69) is 18.9 Å². The van der Waals surface area contributed by atoms with Crippen LogP contribution >= 0.6 is 0 Å². The highest BCUT2D eigenvalue weighted by molar-refractivity contribution is 4.74. The molecule has 1 rings (SSSR count). The minimum Gasteiger partial charge on any atom is -0.393 e. The molecule has 2 unspecified atom stereocenters. The van der Waals surface area contributed by atoms with E-state index in [1.165, 1.54) is 25.8 Å². The third kappa shape index (κ3) is 3.65. The number of hydrogen-bond acceptors (Lipinski definition) is 2. The molecular formula is C11H23NO. The lowest BCUT2D eigenvalue weighted by atomic mass is 9.94. The lowest BCUT2D eigenvalue weighted by Crippen LogP contribution is -2.31. The Labute approximate surface area is 81.9 Å². The molecule has 0 aliphatic carbocycles. The van der Waals surface area contributed by atoms with Gasteiger partial charge in [0.05, 0.1) is 6.10 Å². The first-order chi connectivity index (χ1) is 6.24. The molecule has 2 atom stereocenters. The maximum atomic E-state index is 9.89. The zero-order valence-electron chi connectivity index (χ0n) is 9.00. The summed E-state index contributed by atoms with van der Waals surface area (Å²) in [5.74, 6) is 0.521. The van der Waals surface area contributed by atoms with Crippen molar-refractivity contribution in [1.82, 2.24) is 4.90 Å². The molecule has 0 amide bonds. The molecule has 78 valence electrons. The molecule has 1 aliphatic rings. The van der Waals surface area contributed by atoms with Crippen LogP contribution in [0.25, 0.3) is 0 Å². The molecule has 0 saturated carbocycles. The summed E-state index contributed by atoms with van der Waals surface area (Å²) < 4.78 is 0. The number of rotatable bonds is 3. The first kappa shape index (κ1) is 11.0. The molecule has 0 bridgehead atoms.